The predicted molar refractivity (Wildman–Crippen MR) is 112 cm³/mol. The lowest BCUT2D eigenvalue weighted by atomic mass is 10.0. The summed E-state index contributed by atoms with van der Waals surface area (Å²) in [6, 6.07) is 14.7. The lowest BCUT2D eigenvalue weighted by molar-refractivity contribution is 0.602. The fraction of sp³-hybridized carbons (Fsp3) is 0.263. The molecule has 0 amide bonds. The molecule has 0 fully saturated rings. The quantitative estimate of drug-likeness (QED) is 0.461. The molecule has 0 aliphatic heterocycles. The van der Waals surface area contributed by atoms with E-state index in [1.807, 2.05) is 19.1 Å². The van der Waals surface area contributed by atoms with E-state index in [4.69, 9.17) is 12.2 Å². The summed E-state index contributed by atoms with van der Waals surface area (Å²) in [4.78, 5) is 0.282. The highest BCUT2D eigenvalue weighted by atomic mass is 32.2. The number of benzene rings is 2. The molecular formula is C19H23N3O2S2. The highest BCUT2D eigenvalue weighted by Gasteiger charge is 2.07. The third kappa shape index (κ3) is 5.64. The van der Waals surface area contributed by atoms with Crippen LogP contribution in [0.1, 0.15) is 37.8 Å². The number of hydrogen-bond acceptors (Lipinski definition) is 4. The first-order valence-electron chi connectivity index (χ1n) is 8.18. The van der Waals surface area contributed by atoms with Crippen LogP contribution in [0, 0.1) is 0 Å². The van der Waals surface area contributed by atoms with Gasteiger partial charge >= 0.3 is 0 Å². The van der Waals surface area contributed by atoms with Crippen LogP contribution in [0.5, 0.6) is 0 Å². The van der Waals surface area contributed by atoms with Crippen molar-refractivity contribution in [2.75, 3.05) is 11.6 Å². The molecule has 5 nitrogen and oxygen atoms in total. The zero-order valence-corrected chi connectivity index (χ0v) is 16.9. The molecular weight excluding hydrogens is 366 g/mol. The van der Waals surface area contributed by atoms with E-state index in [0.29, 0.717) is 16.7 Å². The van der Waals surface area contributed by atoms with E-state index >= 15 is 0 Å². The van der Waals surface area contributed by atoms with Gasteiger partial charge in [0.05, 0.1) is 10.6 Å². The Bertz CT molecular complexity index is 901. The van der Waals surface area contributed by atoms with Crippen molar-refractivity contribution < 1.29 is 8.42 Å². The van der Waals surface area contributed by atoms with E-state index in [-0.39, 0.29) is 4.90 Å². The molecule has 2 aromatic rings. The maximum Gasteiger partial charge on any atom is 0.191 e. The van der Waals surface area contributed by atoms with Gasteiger partial charge < -0.3 is 5.32 Å². The van der Waals surface area contributed by atoms with Gasteiger partial charge in [0.1, 0.15) is 0 Å². The van der Waals surface area contributed by atoms with Gasteiger partial charge in [-0.05, 0) is 60.5 Å². The van der Waals surface area contributed by atoms with Crippen molar-refractivity contribution in [3.8, 4) is 0 Å². The van der Waals surface area contributed by atoms with E-state index in [9.17, 15) is 8.42 Å². The van der Waals surface area contributed by atoms with Crippen molar-refractivity contribution in [1.29, 1.82) is 0 Å². The van der Waals surface area contributed by atoms with Crippen molar-refractivity contribution in [3.05, 3.63) is 59.7 Å². The van der Waals surface area contributed by atoms with Crippen LogP contribution in [-0.2, 0) is 9.84 Å². The highest BCUT2D eigenvalue weighted by molar-refractivity contribution is 7.90. The second-order valence-corrected chi connectivity index (χ2v) is 8.76. The molecule has 0 aliphatic rings. The first kappa shape index (κ1) is 20.1. The van der Waals surface area contributed by atoms with Gasteiger partial charge in [0.2, 0.25) is 0 Å². The van der Waals surface area contributed by atoms with Crippen LogP contribution in [-0.4, -0.2) is 25.5 Å². The molecule has 0 heterocycles. The SMILES string of the molecule is C/C(=N/NC(=S)Nc1ccc(C(C)C)cc1)c1ccc(S(C)(=O)=O)cc1. The van der Waals surface area contributed by atoms with E-state index in [0.717, 1.165) is 11.3 Å². The number of rotatable bonds is 5. The minimum atomic E-state index is -3.20. The first-order chi connectivity index (χ1) is 12.2. The van der Waals surface area contributed by atoms with Gasteiger partial charge in [-0.15, -0.1) is 0 Å². The third-order valence-corrected chi connectivity index (χ3v) is 5.18. The summed E-state index contributed by atoms with van der Waals surface area (Å²) in [6.07, 6.45) is 1.18. The Morgan fingerprint density at radius 2 is 1.62 bits per heavy atom. The molecule has 0 aliphatic carbocycles. The zero-order valence-electron chi connectivity index (χ0n) is 15.3. The molecule has 2 aromatic carbocycles. The van der Waals surface area contributed by atoms with Crippen molar-refractivity contribution in [1.82, 2.24) is 5.43 Å². The maximum absolute atomic E-state index is 11.5. The first-order valence-corrected chi connectivity index (χ1v) is 10.5. The van der Waals surface area contributed by atoms with Gasteiger partial charge in [0.25, 0.3) is 0 Å². The Morgan fingerprint density at radius 1 is 1.04 bits per heavy atom. The summed E-state index contributed by atoms with van der Waals surface area (Å²) in [5.41, 5.74) is 6.47. The molecule has 0 saturated heterocycles. The lowest BCUT2D eigenvalue weighted by Crippen LogP contribution is -2.25. The average Bonchev–Trinajstić information content (AvgIpc) is 2.59. The van der Waals surface area contributed by atoms with Gasteiger partial charge in [-0.1, -0.05) is 38.1 Å². The second kappa shape index (κ2) is 8.42. The zero-order chi connectivity index (χ0) is 19.3. The smallest absolute Gasteiger partial charge is 0.191 e. The van der Waals surface area contributed by atoms with Gasteiger partial charge in [-0.2, -0.15) is 5.10 Å². The number of nitrogens with zero attached hydrogens (tertiary/aromatic N) is 1. The molecule has 7 heteroatoms. The van der Waals surface area contributed by atoms with Crippen LogP contribution >= 0.6 is 12.2 Å². The second-order valence-electron chi connectivity index (χ2n) is 6.34. The molecule has 2 rings (SSSR count). The average molecular weight is 390 g/mol. The van der Waals surface area contributed by atoms with E-state index in [1.165, 1.54) is 11.8 Å². The standard InChI is InChI=1S/C19H23N3O2S2/c1-13(2)15-5-9-17(10-6-15)20-19(25)22-21-14(3)16-7-11-18(12-8-16)26(4,23)24/h5-13H,1-4H3,(H2,20,22,25)/b21-14-. The number of sulfone groups is 1. The molecule has 2 N–H and O–H groups in total. The topological polar surface area (TPSA) is 70.6 Å². The Labute approximate surface area is 160 Å². The van der Waals surface area contributed by atoms with Crippen LogP contribution < -0.4 is 10.7 Å². The number of nitrogens with one attached hydrogen (secondary N) is 2. The minimum Gasteiger partial charge on any atom is -0.331 e. The highest BCUT2D eigenvalue weighted by Crippen LogP contribution is 2.17. The van der Waals surface area contributed by atoms with Crippen molar-refractivity contribution in [2.45, 2.75) is 31.6 Å². The van der Waals surface area contributed by atoms with Crippen molar-refractivity contribution >= 4 is 38.6 Å². The third-order valence-electron chi connectivity index (χ3n) is 3.86. The Morgan fingerprint density at radius 3 is 2.12 bits per heavy atom. The monoisotopic (exact) mass is 389 g/mol. The van der Waals surface area contributed by atoms with Crippen molar-refractivity contribution in [3.63, 3.8) is 0 Å². The summed E-state index contributed by atoms with van der Waals surface area (Å²) < 4.78 is 23.0. The Kier molecular flexibility index (Phi) is 6.50. The van der Waals surface area contributed by atoms with Crippen LogP contribution in [0.15, 0.2) is 58.5 Å². The summed E-state index contributed by atoms with van der Waals surface area (Å²) in [6.45, 7) is 6.12. The number of hydrazone groups is 1. The fourth-order valence-corrected chi connectivity index (χ4v) is 3.05. The number of hydrogen-bond donors (Lipinski definition) is 2. The largest absolute Gasteiger partial charge is 0.331 e. The van der Waals surface area contributed by atoms with Crippen molar-refractivity contribution in [2.24, 2.45) is 5.10 Å². The van der Waals surface area contributed by atoms with Crippen LogP contribution in [0.3, 0.4) is 0 Å². The van der Waals surface area contributed by atoms with E-state index in [1.54, 1.807) is 24.3 Å². The summed E-state index contributed by atoms with van der Waals surface area (Å²) in [7, 11) is -3.20. The summed E-state index contributed by atoms with van der Waals surface area (Å²) in [5, 5.41) is 7.70. The molecule has 138 valence electrons. The van der Waals surface area contributed by atoms with Gasteiger partial charge in [-0.25, -0.2) is 8.42 Å². The molecule has 0 aromatic heterocycles. The maximum atomic E-state index is 11.5. The molecule has 26 heavy (non-hydrogen) atoms. The van der Waals surface area contributed by atoms with Gasteiger partial charge in [-0.3, -0.25) is 5.43 Å². The van der Waals surface area contributed by atoms with E-state index < -0.39 is 9.84 Å². The Balaban J connectivity index is 1.98. The summed E-state index contributed by atoms with van der Waals surface area (Å²) >= 11 is 5.25. The summed E-state index contributed by atoms with van der Waals surface area (Å²) in [5.74, 6) is 0.482. The minimum absolute atomic E-state index is 0.282. The number of thiocarbonyl (C=S) groups is 1. The fourth-order valence-electron chi connectivity index (χ4n) is 2.25. The Hall–Kier alpha value is -2.25. The van der Waals surface area contributed by atoms with Crippen LogP contribution in [0.25, 0.3) is 0 Å². The van der Waals surface area contributed by atoms with Gasteiger partial charge in [0, 0.05) is 11.9 Å². The molecule has 0 bridgehead atoms. The molecule has 0 unspecified atom stereocenters. The normalized spacial score (nSPS) is 12.1. The lowest BCUT2D eigenvalue weighted by Gasteiger charge is -2.10. The van der Waals surface area contributed by atoms with Crippen LogP contribution in [0.4, 0.5) is 5.69 Å². The van der Waals surface area contributed by atoms with Crippen LogP contribution in [0.2, 0.25) is 0 Å². The molecule has 0 atom stereocenters. The number of anilines is 1. The molecule has 0 radical (unpaired) electrons. The van der Waals surface area contributed by atoms with E-state index in [2.05, 4.69) is 41.8 Å². The predicted octanol–water partition coefficient (Wildman–Crippen LogP) is 3.92. The molecule has 0 saturated carbocycles. The van der Waals surface area contributed by atoms with Gasteiger partial charge in [0.15, 0.2) is 14.9 Å². The molecule has 0 spiro atoms.